The molecule has 9 heteroatoms. The van der Waals surface area contributed by atoms with Crippen molar-refractivity contribution in [2.45, 2.75) is 245 Å². The number of carbonyl (C=O) groups is 2. The minimum atomic E-state index is -4.26. The Kier molecular flexibility index (Phi) is 42.0. The summed E-state index contributed by atoms with van der Waals surface area (Å²) in [5.41, 5.74) is 0. The second kappa shape index (κ2) is 43.1. The summed E-state index contributed by atoms with van der Waals surface area (Å²) in [6.07, 6.45) is 49.5. The normalized spacial score (nSPS) is 13.4. The highest BCUT2D eigenvalue weighted by molar-refractivity contribution is 7.47. The molecule has 0 saturated carbocycles. The molecule has 8 nitrogen and oxygen atoms in total. The van der Waals surface area contributed by atoms with Crippen molar-refractivity contribution in [2.24, 2.45) is 0 Å². The van der Waals surface area contributed by atoms with Gasteiger partial charge in [0.05, 0.1) is 6.61 Å². The lowest BCUT2D eigenvalue weighted by Gasteiger charge is -2.19. The molecule has 1 N–H and O–H groups in total. The van der Waals surface area contributed by atoms with Crippen LogP contribution in [0.2, 0.25) is 0 Å². The number of carbonyl (C=O) groups excluding carboxylic acids is 2. The average Bonchev–Trinajstić information content (AvgIpc) is 3.19. The molecule has 0 heterocycles. The van der Waals surface area contributed by atoms with E-state index in [1.54, 1.807) is 0 Å². The van der Waals surface area contributed by atoms with E-state index in [0.29, 0.717) is 6.42 Å². The van der Waals surface area contributed by atoms with E-state index in [1.165, 1.54) is 154 Å². The van der Waals surface area contributed by atoms with Crippen LogP contribution in [0.5, 0.6) is 0 Å². The third kappa shape index (κ3) is 42.1. The standard InChI is InChI=1S/C47H89O8P/c1-4-6-8-10-12-14-16-18-20-21-22-23-24-25-26-27-28-30-32-34-36-38-40-42-47(49)55-45(44-54-56(50,51)52-3)43-53-46(48)41-39-37-35-33-31-29-19-17-15-13-11-9-7-5-2/h17,19,21-22,45H,4-16,18,20,23-44H2,1-3H3,(H,50,51)/b19-17-,22-21-. The SMILES string of the molecule is CCCCCCC/C=C\CCCCCCCC(=O)OCC(COP(=O)(O)OC)OC(=O)CCCCCCCCCCCCC/C=C\CCCCCCCCCC. The molecule has 0 spiro atoms. The third-order valence-corrected chi connectivity index (χ3v) is 11.4. The number of phosphoric acid groups is 1. The molecule has 0 saturated heterocycles. The summed E-state index contributed by atoms with van der Waals surface area (Å²) in [4.78, 5) is 34.5. The molecular weight excluding hydrogens is 723 g/mol. The van der Waals surface area contributed by atoms with Crippen LogP contribution in [-0.4, -0.2) is 43.3 Å². The van der Waals surface area contributed by atoms with Crippen LogP contribution in [0.25, 0.3) is 0 Å². The van der Waals surface area contributed by atoms with Crippen LogP contribution in [0.1, 0.15) is 239 Å². The van der Waals surface area contributed by atoms with E-state index in [4.69, 9.17) is 14.0 Å². The summed E-state index contributed by atoms with van der Waals surface area (Å²) in [7, 11) is -3.20. The van der Waals surface area contributed by atoms with Crippen molar-refractivity contribution in [3.8, 4) is 0 Å². The van der Waals surface area contributed by atoms with Crippen molar-refractivity contribution >= 4 is 19.8 Å². The largest absolute Gasteiger partial charge is 0.472 e. The molecule has 0 bridgehead atoms. The molecule has 0 fully saturated rings. The summed E-state index contributed by atoms with van der Waals surface area (Å²) in [6, 6.07) is 0. The van der Waals surface area contributed by atoms with Gasteiger partial charge in [-0.3, -0.25) is 18.6 Å². The van der Waals surface area contributed by atoms with Gasteiger partial charge in [-0.2, -0.15) is 0 Å². The average molecular weight is 813 g/mol. The fourth-order valence-corrected chi connectivity index (χ4v) is 7.23. The monoisotopic (exact) mass is 813 g/mol. The maximum atomic E-state index is 12.5. The second-order valence-electron chi connectivity index (χ2n) is 15.9. The van der Waals surface area contributed by atoms with Crippen LogP contribution < -0.4 is 0 Å². The van der Waals surface area contributed by atoms with E-state index in [2.05, 4.69) is 42.7 Å². The molecule has 0 amide bonds. The molecule has 2 atom stereocenters. The zero-order valence-corrected chi connectivity index (χ0v) is 37.7. The molecule has 56 heavy (non-hydrogen) atoms. The quantitative estimate of drug-likeness (QED) is 0.0280. The van der Waals surface area contributed by atoms with Crippen LogP contribution in [0.4, 0.5) is 0 Å². The number of unbranched alkanes of at least 4 members (excludes halogenated alkanes) is 29. The van der Waals surface area contributed by atoms with E-state index in [0.717, 1.165) is 58.5 Å². The highest BCUT2D eigenvalue weighted by Crippen LogP contribution is 2.42. The molecule has 0 aromatic rings. The van der Waals surface area contributed by atoms with E-state index < -0.39 is 26.5 Å². The Balaban J connectivity index is 3.90. The minimum Gasteiger partial charge on any atom is -0.462 e. The van der Waals surface area contributed by atoms with Gasteiger partial charge in [0, 0.05) is 20.0 Å². The van der Waals surface area contributed by atoms with Gasteiger partial charge in [-0.05, 0) is 64.2 Å². The van der Waals surface area contributed by atoms with Gasteiger partial charge < -0.3 is 14.4 Å². The smallest absolute Gasteiger partial charge is 0.462 e. The van der Waals surface area contributed by atoms with Crippen molar-refractivity contribution in [1.29, 1.82) is 0 Å². The van der Waals surface area contributed by atoms with Crippen LogP contribution in [-0.2, 0) is 32.7 Å². The van der Waals surface area contributed by atoms with Gasteiger partial charge in [0.2, 0.25) is 0 Å². The molecule has 0 radical (unpaired) electrons. The number of esters is 2. The zero-order valence-electron chi connectivity index (χ0n) is 36.8. The van der Waals surface area contributed by atoms with Crippen LogP contribution >= 0.6 is 7.82 Å². The molecule has 0 aromatic heterocycles. The van der Waals surface area contributed by atoms with Crippen molar-refractivity contribution < 1.29 is 37.6 Å². The molecule has 2 unspecified atom stereocenters. The number of allylic oxidation sites excluding steroid dienone is 4. The fourth-order valence-electron chi connectivity index (χ4n) is 6.77. The topological polar surface area (TPSA) is 108 Å². The Morgan fingerprint density at radius 3 is 1.16 bits per heavy atom. The first kappa shape index (κ1) is 54.5. The van der Waals surface area contributed by atoms with Crippen molar-refractivity contribution in [1.82, 2.24) is 0 Å². The van der Waals surface area contributed by atoms with Gasteiger partial charge in [-0.25, -0.2) is 4.57 Å². The lowest BCUT2D eigenvalue weighted by molar-refractivity contribution is -0.161. The number of hydrogen-bond donors (Lipinski definition) is 1. The van der Waals surface area contributed by atoms with Crippen molar-refractivity contribution in [3.05, 3.63) is 24.3 Å². The first-order valence-corrected chi connectivity index (χ1v) is 25.0. The second-order valence-corrected chi connectivity index (χ2v) is 17.4. The maximum absolute atomic E-state index is 12.5. The van der Waals surface area contributed by atoms with E-state index >= 15 is 0 Å². The lowest BCUT2D eigenvalue weighted by atomic mass is 10.0. The third-order valence-electron chi connectivity index (χ3n) is 10.4. The molecule has 0 rings (SSSR count). The minimum absolute atomic E-state index is 0.227. The molecule has 0 aliphatic heterocycles. The Morgan fingerprint density at radius 2 is 0.804 bits per heavy atom. The van der Waals surface area contributed by atoms with Gasteiger partial charge in [-0.15, -0.1) is 0 Å². The predicted octanol–water partition coefficient (Wildman–Crippen LogP) is 15.0. The summed E-state index contributed by atoms with van der Waals surface area (Å²) in [5, 5.41) is 0. The molecule has 330 valence electrons. The maximum Gasteiger partial charge on any atom is 0.472 e. The summed E-state index contributed by atoms with van der Waals surface area (Å²) in [5.74, 6) is -0.806. The summed E-state index contributed by atoms with van der Waals surface area (Å²) >= 11 is 0. The van der Waals surface area contributed by atoms with Crippen molar-refractivity contribution in [3.63, 3.8) is 0 Å². The summed E-state index contributed by atoms with van der Waals surface area (Å²) < 4.78 is 32.0. The van der Waals surface area contributed by atoms with E-state index in [1.807, 2.05) is 0 Å². The number of phosphoric ester groups is 1. The number of hydrogen-bond acceptors (Lipinski definition) is 7. The zero-order chi connectivity index (χ0) is 41.1. The molecule has 0 aromatic carbocycles. The first-order valence-electron chi connectivity index (χ1n) is 23.5. The summed E-state index contributed by atoms with van der Waals surface area (Å²) in [6.45, 7) is 3.89. The van der Waals surface area contributed by atoms with E-state index in [9.17, 15) is 19.0 Å². The Morgan fingerprint density at radius 1 is 0.482 bits per heavy atom. The molecule has 0 aliphatic carbocycles. The van der Waals surface area contributed by atoms with Crippen LogP contribution in [0.3, 0.4) is 0 Å². The molecular formula is C47H89O8P. The van der Waals surface area contributed by atoms with Gasteiger partial charge in [0.25, 0.3) is 0 Å². The Bertz CT molecular complexity index is 968. The van der Waals surface area contributed by atoms with Gasteiger partial charge >= 0.3 is 19.8 Å². The van der Waals surface area contributed by atoms with Gasteiger partial charge in [-0.1, -0.05) is 186 Å². The number of ether oxygens (including phenoxy) is 2. The van der Waals surface area contributed by atoms with Crippen molar-refractivity contribution in [2.75, 3.05) is 20.3 Å². The van der Waals surface area contributed by atoms with Gasteiger partial charge in [0.15, 0.2) is 6.10 Å². The highest BCUT2D eigenvalue weighted by atomic mass is 31.2. The predicted molar refractivity (Wildman–Crippen MR) is 235 cm³/mol. The van der Waals surface area contributed by atoms with Crippen LogP contribution in [0.15, 0.2) is 24.3 Å². The van der Waals surface area contributed by atoms with E-state index in [-0.39, 0.29) is 25.4 Å². The Labute approximate surface area is 345 Å². The Hall–Kier alpha value is -1.47. The van der Waals surface area contributed by atoms with Gasteiger partial charge in [0.1, 0.15) is 6.61 Å². The highest BCUT2D eigenvalue weighted by Gasteiger charge is 2.24. The van der Waals surface area contributed by atoms with Crippen LogP contribution in [0, 0.1) is 0 Å². The molecule has 0 aliphatic rings. The number of rotatable bonds is 44. The first-order chi connectivity index (χ1) is 27.3. The fraction of sp³-hybridized carbons (Fsp3) is 0.872. The lowest BCUT2D eigenvalue weighted by Crippen LogP contribution is -2.29.